The van der Waals surface area contributed by atoms with Crippen molar-refractivity contribution in [2.45, 2.75) is 31.8 Å². The highest BCUT2D eigenvalue weighted by molar-refractivity contribution is 6.03. The Morgan fingerprint density at radius 2 is 2.10 bits per heavy atom. The van der Waals surface area contributed by atoms with Crippen LogP contribution in [0.15, 0.2) is 24.3 Å². The van der Waals surface area contributed by atoms with Crippen LogP contribution in [0.2, 0.25) is 0 Å². The maximum Gasteiger partial charge on any atom is 0.327 e. The Labute approximate surface area is 117 Å². The van der Waals surface area contributed by atoms with Crippen molar-refractivity contribution in [3.8, 4) is 0 Å². The first kappa shape index (κ1) is 13.1. The van der Waals surface area contributed by atoms with Crippen LogP contribution in [0, 0.1) is 5.92 Å². The van der Waals surface area contributed by atoms with Crippen molar-refractivity contribution < 1.29 is 14.7 Å². The molecule has 3 atom stereocenters. The summed E-state index contributed by atoms with van der Waals surface area (Å²) in [5, 5.41) is 12.7. The van der Waals surface area contributed by atoms with Crippen LogP contribution in [0.3, 0.4) is 0 Å². The Morgan fingerprint density at radius 3 is 2.75 bits per heavy atom. The Kier molecular flexibility index (Phi) is 3.22. The van der Waals surface area contributed by atoms with Gasteiger partial charge in [-0.3, -0.25) is 9.69 Å². The number of amides is 1. The number of nitrogens with zero attached hydrogens (tertiary/aromatic N) is 1. The van der Waals surface area contributed by atoms with Gasteiger partial charge in [0, 0.05) is 18.2 Å². The van der Waals surface area contributed by atoms with Crippen LogP contribution in [0.1, 0.15) is 18.9 Å². The molecule has 2 aliphatic heterocycles. The molecule has 5 nitrogen and oxygen atoms in total. The molecule has 0 radical (unpaired) electrons. The summed E-state index contributed by atoms with van der Waals surface area (Å²) in [7, 11) is 0. The van der Waals surface area contributed by atoms with Gasteiger partial charge >= 0.3 is 5.97 Å². The third kappa shape index (κ3) is 1.98. The molecular formula is C15H18N2O3. The molecule has 5 heteroatoms. The summed E-state index contributed by atoms with van der Waals surface area (Å²) in [6.45, 7) is 2.79. The number of anilines is 1. The number of aliphatic carboxylic acids is 1. The van der Waals surface area contributed by atoms with E-state index >= 15 is 0 Å². The topological polar surface area (TPSA) is 69.6 Å². The minimum atomic E-state index is -0.937. The van der Waals surface area contributed by atoms with E-state index in [2.05, 4.69) is 5.32 Å². The van der Waals surface area contributed by atoms with Gasteiger partial charge in [-0.2, -0.15) is 0 Å². The first-order valence-electron chi connectivity index (χ1n) is 6.96. The van der Waals surface area contributed by atoms with Gasteiger partial charge in [-0.05, 0) is 31.5 Å². The van der Waals surface area contributed by atoms with E-state index in [-0.39, 0.29) is 17.9 Å². The third-order valence-electron chi connectivity index (χ3n) is 4.34. The van der Waals surface area contributed by atoms with Crippen molar-refractivity contribution in [1.82, 2.24) is 5.32 Å². The van der Waals surface area contributed by atoms with Crippen molar-refractivity contribution in [3.63, 3.8) is 0 Å². The van der Waals surface area contributed by atoms with Crippen LogP contribution in [0.5, 0.6) is 0 Å². The van der Waals surface area contributed by atoms with E-state index in [0.717, 1.165) is 24.2 Å². The van der Waals surface area contributed by atoms with Crippen LogP contribution in [-0.2, 0) is 16.0 Å². The van der Waals surface area contributed by atoms with Gasteiger partial charge in [-0.15, -0.1) is 0 Å². The first-order chi connectivity index (χ1) is 9.59. The standard InChI is InChI=1S/C15H18N2O3/c1-9-11(6-7-16-9)14(18)17-12-5-3-2-4-10(12)8-13(17)15(19)20/h2-5,9,11,13,16H,6-8H2,1H3,(H,19,20). The fourth-order valence-electron chi connectivity index (χ4n) is 3.23. The number of carboxylic acids is 1. The number of fused-ring (bicyclic) bond motifs is 1. The molecule has 1 amide bonds. The van der Waals surface area contributed by atoms with E-state index in [9.17, 15) is 14.7 Å². The second kappa shape index (κ2) is 4.90. The number of nitrogens with one attached hydrogen (secondary N) is 1. The van der Waals surface area contributed by atoms with Gasteiger partial charge in [0.15, 0.2) is 0 Å². The highest BCUT2D eigenvalue weighted by Crippen LogP contribution is 2.34. The highest BCUT2D eigenvalue weighted by atomic mass is 16.4. The summed E-state index contributed by atoms with van der Waals surface area (Å²) in [6.07, 6.45) is 1.16. The zero-order valence-corrected chi connectivity index (χ0v) is 11.4. The van der Waals surface area contributed by atoms with Gasteiger partial charge < -0.3 is 10.4 Å². The van der Waals surface area contributed by atoms with E-state index in [1.165, 1.54) is 4.90 Å². The van der Waals surface area contributed by atoms with Crippen molar-refractivity contribution >= 4 is 17.6 Å². The molecule has 0 spiro atoms. The van der Waals surface area contributed by atoms with Crippen LogP contribution in [0.25, 0.3) is 0 Å². The number of rotatable bonds is 2. The van der Waals surface area contributed by atoms with E-state index in [0.29, 0.717) is 6.42 Å². The summed E-state index contributed by atoms with van der Waals surface area (Å²) in [6, 6.07) is 6.79. The van der Waals surface area contributed by atoms with E-state index in [1.54, 1.807) is 0 Å². The van der Waals surface area contributed by atoms with Gasteiger partial charge in [0.2, 0.25) is 5.91 Å². The van der Waals surface area contributed by atoms with Crippen LogP contribution < -0.4 is 10.2 Å². The van der Waals surface area contributed by atoms with Crippen LogP contribution in [-0.4, -0.2) is 35.6 Å². The zero-order chi connectivity index (χ0) is 14.3. The maximum atomic E-state index is 12.8. The van der Waals surface area contributed by atoms with Crippen molar-refractivity contribution in [1.29, 1.82) is 0 Å². The first-order valence-corrected chi connectivity index (χ1v) is 6.96. The largest absolute Gasteiger partial charge is 0.480 e. The third-order valence-corrected chi connectivity index (χ3v) is 4.34. The van der Waals surface area contributed by atoms with E-state index in [1.807, 2.05) is 31.2 Å². The highest BCUT2D eigenvalue weighted by Gasteiger charge is 2.42. The predicted molar refractivity (Wildman–Crippen MR) is 74.6 cm³/mol. The number of hydrogen-bond donors (Lipinski definition) is 2. The molecule has 0 bridgehead atoms. The summed E-state index contributed by atoms with van der Waals surface area (Å²) in [4.78, 5) is 25.7. The van der Waals surface area contributed by atoms with Gasteiger partial charge in [0.05, 0.1) is 5.92 Å². The van der Waals surface area contributed by atoms with Gasteiger partial charge in [0.1, 0.15) is 6.04 Å². The lowest BCUT2D eigenvalue weighted by Gasteiger charge is -2.27. The lowest BCUT2D eigenvalue weighted by molar-refractivity contribution is -0.140. The zero-order valence-electron chi connectivity index (χ0n) is 11.4. The number of carbonyl (C=O) groups excluding carboxylic acids is 1. The summed E-state index contributed by atoms with van der Waals surface area (Å²) in [5.41, 5.74) is 1.69. The molecule has 3 rings (SSSR count). The average molecular weight is 274 g/mol. The van der Waals surface area contributed by atoms with E-state index in [4.69, 9.17) is 0 Å². The minimum absolute atomic E-state index is 0.0696. The summed E-state index contributed by atoms with van der Waals surface area (Å²) < 4.78 is 0. The molecule has 0 aliphatic carbocycles. The Morgan fingerprint density at radius 1 is 1.35 bits per heavy atom. The molecule has 1 saturated heterocycles. The van der Waals surface area contributed by atoms with Gasteiger partial charge in [-0.25, -0.2) is 4.79 Å². The molecule has 0 aromatic heterocycles. The Bertz CT molecular complexity index is 558. The lowest BCUT2D eigenvalue weighted by Crippen LogP contribution is -2.47. The molecular weight excluding hydrogens is 256 g/mol. The van der Waals surface area contributed by atoms with Crippen molar-refractivity contribution in [2.75, 3.05) is 11.4 Å². The Balaban J connectivity index is 1.96. The van der Waals surface area contributed by atoms with Gasteiger partial charge in [0.25, 0.3) is 0 Å². The van der Waals surface area contributed by atoms with E-state index < -0.39 is 12.0 Å². The molecule has 2 aliphatic rings. The molecule has 106 valence electrons. The monoisotopic (exact) mass is 274 g/mol. The molecule has 2 N–H and O–H groups in total. The minimum Gasteiger partial charge on any atom is -0.480 e. The smallest absolute Gasteiger partial charge is 0.327 e. The number of hydrogen-bond acceptors (Lipinski definition) is 3. The molecule has 1 fully saturated rings. The van der Waals surface area contributed by atoms with Gasteiger partial charge in [-0.1, -0.05) is 18.2 Å². The number of carbonyl (C=O) groups is 2. The van der Waals surface area contributed by atoms with Crippen molar-refractivity contribution in [3.05, 3.63) is 29.8 Å². The molecule has 20 heavy (non-hydrogen) atoms. The Hall–Kier alpha value is -1.88. The van der Waals surface area contributed by atoms with Crippen LogP contribution >= 0.6 is 0 Å². The lowest BCUT2D eigenvalue weighted by atomic mass is 9.99. The molecule has 3 unspecified atom stereocenters. The number of benzene rings is 1. The number of carboxylic acid groups (broad SMARTS) is 1. The summed E-state index contributed by atoms with van der Waals surface area (Å²) in [5.74, 6) is -1.14. The fraction of sp³-hybridized carbons (Fsp3) is 0.467. The normalized spacial score (nSPS) is 28.4. The quantitative estimate of drug-likeness (QED) is 0.845. The molecule has 2 heterocycles. The molecule has 1 aromatic rings. The average Bonchev–Trinajstić information content (AvgIpc) is 3.01. The molecule has 0 saturated carbocycles. The number of para-hydroxylation sites is 1. The predicted octanol–water partition coefficient (Wildman–Crippen LogP) is 1.03. The second-order valence-electron chi connectivity index (χ2n) is 5.53. The van der Waals surface area contributed by atoms with Crippen molar-refractivity contribution in [2.24, 2.45) is 5.92 Å². The second-order valence-corrected chi connectivity index (χ2v) is 5.53. The maximum absolute atomic E-state index is 12.8. The molecule has 1 aromatic carbocycles. The SMILES string of the molecule is CC1NCCC1C(=O)N1c2ccccc2CC1C(=O)O. The summed E-state index contributed by atoms with van der Waals surface area (Å²) >= 11 is 0. The fourth-order valence-corrected chi connectivity index (χ4v) is 3.23. The van der Waals surface area contributed by atoms with Crippen LogP contribution in [0.4, 0.5) is 5.69 Å².